The van der Waals surface area contributed by atoms with E-state index in [-0.39, 0.29) is 0 Å². The number of para-hydroxylation sites is 1. The third kappa shape index (κ3) is 4.45. The van der Waals surface area contributed by atoms with Gasteiger partial charge in [-0.1, -0.05) is 19.9 Å². The molecule has 3 rings (SSSR count). The molecular formula is C20H21F2N3O3S. The number of nitrogens with zero attached hydrogens (tertiary/aromatic N) is 2. The minimum atomic E-state index is -1.24. The Bertz CT molecular complexity index is 1050. The lowest BCUT2D eigenvalue weighted by Gasteiger charge is -2.13. The van der Waals surface area contributed by atoms with E-state index in [1.807, 2.05) is 11.6 Å². The van der Waals surface area contributed by atoms with Gasteiger partial charge in [-0.3, -0.25) is 9.48 Å². The van der Waals surface area contributed by atoms with Gasteiger partial charge in [0.2, 0.25) is 0 Å². The van der Waals surface area contributed by atoms with Crippen LogP contribution >= 0.6 is 11.3 Å². The number of anilines is 1. The highest BCUT2D eigenvalue weighted by Gasteiger charge is 2.24. The maximum Gasteiger partial charge on any atom is 0.349 e. The van der Waals surface area contributed by atoms with Crippen LogP contribution in [0.15, 0.2) is 24.3 Å². The molecule has 0 bridgehead atoms. The van der Waals surface area contributed by atoms with Crippen molar-refractivity contribution in [1.82, 2.24) is 9.78 Å². The molecule has 29 heavy (non-hydrogen) atoms. The molecular weight excluding hydrogens is 400 g/mol. The summed E-state index contributed by atoms with van der Waals surface area (Å²) in [4.78, 5) is 25.9. The number of fused-ring (bicyclic) bond motifs is 1. The number of amides is 1. The maximum absolute atomic E-state index is 13.7. The standard InChI is InChI=1S/C20H21F2N3O3S/c1-10(2)9-25-19-13(11(3)24-25)8-16(29-19)20(27)28-12(4)18(26)23-17-14(21)6-5-7-15(17)22/h5-8,10,12H,9H2,1-4H3,(H,23,26). The Hall–Kier alpha value is -2.81. The number of benzene rings is 1. The van der Waals surface area contributed by atoms with E-state index in [0.29, 0.717) is 17.3 Å². The van der Waals surface area contributed by atoms with E-state index in [1.165, 1.54) is 24.3 Å². The molecule has 3 aromatic rings. The monoisotopic (exact) mass is 421 g/mol. The predicted octanol–water partition coefficient (Wildman–Crippen LogP) is 4.52. The van der Waals surface area contributed by atoms with Crippen LogP contribution in [-0.4, -0.2) is 27.8 Å². The second-order valence-corrected chi connectivity index (χ2v) is 8.15. The van der Waals surface area contributed by atoms with E-state index in [0.717, 1.165) is 28.0 Å². The highest BCUT2D eigenvalue weighted by Crippen LogP contribution is 2.29. The van der Waals surface area contributed by atoms with Crippen LogP contribution in [-0.2, 0) is 16.1 Å². The minimum Gasteiger partial charge on any atom is -0.448 e. The molecule has 2 heterocycles. The van der Waals surface area contributed by atoms with E-state index < -0.39 is 35.3 Å². The van der Waals surface area contributed by atoms with Crippen molar-refractivity contribution in [2.24, 2.45) is 5.92 Å². The highest BCUT2D eigenvalue weighted by molar-refractivity contribution is 7.20. The van der Waals surface area contributed by atoms with Gasteiger partial charge in [0.15, 0.2) is 6.10 Å². The van der Waals surface area contributed by atoms with Crippen molar-refractivity contribution >= 4 is 39.1 Å². The highest BCUT2D eigenvalue weighted by atomic mass is 32.1. The van der Waals surface area contributed by atoms with Gasteiger partial charge in [-0.25, -0.2) is 13.6 Å². The number of ether oxygens (including phenoxy) is 1. The zero-order valence-electron chi connectivity index (χ0n) is 16.5. The van der Waals surface area contributed by atoms with Crippen LogP contribution in [0, 0.1) is 24.5 Å². The van der Waals surface area contributed by atoms with E-state index >= 15 is 0 Å². The number of nitrogens with one attached hydrogen (secondary N) is 1. The lowest BCUT2D eigenvalue weighted by molar-refractivity contribution is -0.123. The number of hydrogen-bond acceptors (Lipinski definition) is 5. The van der Waals surface area contributed by atoms with Crippen molar-refractivity contribution in [2.45, 2.75) is 40.3 Å². The molecule has 0 aliphatic heterocycles. The SMILES string of the molecule is Cc1nn(CC(C)C)c2sc(C(=O)OC(C)C(=O)Nc3c(F)cccc3F)cc12. The van der Waals surface area contributed by atoms with Gasteiger partial charge in [-0.2, -0.15) is 5.10 Å². The molecule has 0 saturated heterocycles. The molecule has 154 valence electrons. The molecule has 1 atom stereocenters. The molecule has 1 aromatic carbocycles. The van der Waals surface area contributed by atoms with Crippen LogP contribution in [0.5, 0.6) is 0 Å². The quantitative estimate of drug-likeness (QED) is 0.594. The molecule has 1 unspecified atom stereocenters. The Balaban J connectivity index is 1.73. The van der Waals surface area contributed by atoms with Gasteiger partial charge in [-0.05, 0) is 38.0 Å². The molecule has 6 nitrogen and oxygen atoms in total. The van der Waals surface area contributed by atoms with Gasteiger partial charge < -0.3 is 10.1 Å². The van der Waals surface area contributed by atoms with Crippen LogP contribution in [0.4, 0.5) is 14.5 Å². The number of aromatic nitrogens is 2. The minimum absolute atomic E-state index is 0.328. The molecule has 0 aliphatic rings. The Kier molecular flexibility index (Phi) is 5.97. The van der Waals surface area contributed by atoms with Crippen LogP contribution in [0.25, 0.3) is 10.2 Å². The Morgan fingerprint density at radius 2 is 1.90 bits per heavy atom. The zero-order chi connectivity index (χ0) is 21.3. The first kappa shape index (κ1) is 20.9. The summed E-state index contributed by atoms with van der Waals surface area (Å²) >= 11 is 1.23. The Morgan fingerprint density at radius 1 is 1.24 bits per heavy atom. The fraction of sp³-hybridized carbons (Fsp3) is 0.350. The van der Waals surface area contributed by atoms with E-state index in [4.69, 9.17) is 4.74 Å². The summed E-state index contributed by atoms with van der Waals surface area (Å²) in [5, 5.41) is 7.46. The summed E-state index contributed by atoms with van der Waals surface area (Å²) in [6, 6.07) is 4.92. The molecule has 0 saturated carbocycles. The molecule has 0 spiro atoms. The smallest absolute Gasteiger partial charge is 0.349 e. The number of carbonyl (C=O) groups is 2. The van der Waals surface area contributed by atoms with Crippen molar-refractivity contribution in [2.75, 3.05) is 5.32 Å². The lowest BCUT2D eigenvalue weighted by Crippen LogP contribution is -2.30. The second-order valence-electron chi connectivity index (χ2n) is 7.12. The average molecular weight is 421 g/mol. The lowest BCUT2D eigenvalue weighted by atomic mass is 10.2. The van der Waals surface area contributed by atoms with Crippen molar-refractivity contribution in [3.8, 4) is 0 Å². The number of carbonyl (C=O) groups excluding carboxylic acids is 2. The number of aryl methyl sites for hydroxylation is 1. The molecule has 0 fully saturated rings. The number of thiophene rings is 1. The Labute approximate surface area is 170 Å². The van der Waals surface area contributed by atoms with E-state index in [1.54, 1.807) is 6.07 Å². The fourth-order valence-corrected chi connectivity index (χ4v) is 3.85. The molecule has 1 N–H and O–H groups in total. The van der Waals surface area contributed by atoms with E-state index in [9.17, 15) is 18.4 Å². The van der Waals surface area contributed by atoms with Crippen LogP contribution in [0.2, 0.25) is 0 Å². The first-order chi connectivity index (χ1) is 13.7. The van der Waals surface area contributed by atoms with Gasteiger partial charge in [0.05, 0.1) is 5.69 Å². The molecule has 9 heteroatoms. The van der Waals surface area contributed by atoms with E-state index in [2.05, 4.69) is 24.3 Å². The maximum atomic E-state index is 13.7. The topological polar surface area (TPSA) is 73.2 Å². The Morgan fingerprint density at radius 3 is 2.52 bits per heavy atom. The zero-order valence-corrected chi connectivity index (χ0v) is 17.3. The molecule has 0 radical (unpaired) electrons. The van der Waals surface area contributed by atoms with Crippen molar-refractivity contribution < 1.29 is 23.1 Å². The largest absolute Gasteiger partial charge is 0.448 e. The van der Waals surface area contributed by atoms with Gasteiger partial charge in [0, 0.05) is 11.9 Å². The van der Waals surface area contributed by atoms with Crippen molar-refractivity contribution in [1.29, 1.82) is 0 Å². The summed E-state index contributed by atoms with van der Waals surface area (Å²) < 4.78 is 34.4. The van der Waals surface area contributed by atoms with Crippen molar-refractivity contribution in [3.63, 3.8) is 0 Å². The van der Waals surface area contributed by atoms with Gasteiger partial charge in [-0.15, -0.1) is 11.3 Å². The van der Waals surface area contributed by atoms with Crippen LogP contribution in [0.1, 0.15) is 36.1 Å². The van der Waals surface area contributed by atoms with Gasteiger partial charge in [0.1, 0.15) is 27.0 Å². The van der Waals surface area contributed by atoms with Crippen LogP contribution in [0.3, 0.4) is 0 Å². The van der Waals surface area contributed by atoms with Crippen LogP contribution < -0.4 is 5.32 Å². The summed E-state index contributed by atoms with van der Waals surface area (Å²) in [6.07, 6.45) is -1.24. The van der Waals surface area contributed by atoms with Gasteiger partial charge >= 0.3 is 5.97 Å². The summed E-state index contributed by atoms with van der Waals surface area (Å²) in [5.41, 5.74) is 0.225. The molecule has 2 aromatic heterocycles. The van der Waals surface area contributed by atoms with Crippen molar-refractivity contribution in [3.05, 3.63) is 46.5 Å². The third-order valence-electron chi connectivity index (χ3n) is 4.21. The second kappa shape index (κ2) is 8.28. The first-order valence-electron chi connectivity index (χ1n) is 9.10. The predicted molar refractivity (Wildman–Crippen MR) is 107 cm³/mol. The fourth-order valence-electron chi connectivity index (χ4n) is 2.80. The number of rotatable bonds is 6. The summed E-state index contributed by atoms with van der Waals surface area (Å²) in [7, 11) is 0. The summed E-state index contributed by atoms with van der Waals surface area (Å²) in [6.45, 7) is 8.06. The third-order valence-corrected chi connectivity index (χ3v) is 5.34. The molecule has 0 aliphatic carbocycles. The normalized spacial score (nSPS) is 12.4. The number of esters is 1. The molecule has 1 amide bonds. The number of hydrogen-bond donors (Lipinski definition) is 1. The average Bonchev–Trinajstić information content (AvgIpc) is 3.19. The summed E-state index contributed by atoms with van der Waals surface area (Å²) in [5.74, 6) is -2.94. The first-order valence-corrected chi connectivity index (χ1v) is 9.91. The van der Waals surface area contributed by atoms with Gasteiger partial charge in [0.25, 0.3) is 5.91 Å². The number of halogens is 2.